The molecule has 1 aromatic rings. The van der Waals surface area contributed by atoms with Crippen molar-refractivity contribution in [1.82, 2.24) is 0 Å². The monoisotopic (exact) mass is 547 g/mol. The van der Waals surface area contributed by atoms with Gasteiger partial charge in [-0.25, -0.2) is 8.42 Å². The topological polar surface area (TPSA) is 72.5 Å². The predicted molar refractivity (Wildman–Crippen MR) is 146 cm³/mol. The van der Waals surface area contributed by atoms with E-state index in [1.165, 1.54) is 0 Å². The standard InChI is InChI=1S/C25H28BrNO4S.C2H6/c1-4-8-21(14-13-19(3)26)22-10-7-12-24(16-15-22)32(29,30)27-23-11-6-9-20(17-23)18-25(28)31-5-2;1-2/h6-11,13-17,27H,3-5,12,18H2,1-2H3;1-2H3/b14-13-,21-8+;. The van der Waals surface area contributed by atoms with Crippen molar-refractivity contribution in [3.05, 3.63) is 99.5 Å². The van der Waals surface area contributed by atoms with Gasteiger partial charge in [-0.2, -0.15) is 0 Å². The molecule has 0 spiro atoms. The van der Waals surface area contributed by atoms with E-state index >= 15 is 0 Å². The van der Waals surface area contributed by atoms with Gasteiger partial charge >= 0.3 is 5.97 Å². The molecule has 0 saturated carbocycles. The molecule has 2 rings (SSSR count). The van der Waals surface area contributed by atoms with Crippen molar-refractivity contribution in [3.8, 4) is 0 Å². The van der Waals surface area contributed by atoms with E-state index in [4.69, 9.17) is 4.74 Å². The van der Waals surface area contributed by atoms with Crippen LogP contribution in [-0.4, -0.2) is 21.0 Å². The van der Waals surface area contributed by atoms with Crippen molar-refractivity contribution >= 4 is 37.6 Å². The van der Waals surface area contributed by atoms with Gasteiger partial charge in [0.1, 0.15) is 0 Å². The van der Waals surface area contributed by atoms with Gasteiger partial charge in [0.05, 0.1) is 17.9 Å². The van der Waals surface area contributed by atoms with E-state index in [1.54, 1.807) is 43.3 Å². The third kappa shape index (κ3) is 10.1. The highest BCUT2D eigenvalue weighted by atomic mass is 79.9. The second kappa shape index (κ2) is 15.3. The van der Waals surface area contributed by atoms with Gasteiger partial charge in [-0.3, -0.25) is 9.52 Å². The summed E-state index contributed by atoms with van der Waals surface area (Å²) in [4.78, 5) is 12.0. The zero-order valence-corrected chi connectivity index (χ0v) is 22.7. The molecule has 184 valence electrons. The Labute approximate surface area is 212 Å². The van der Waals surface area contributed by atoms with Crippen molar-refractivity contribution in [2.24, 2.45) is 0 Å². The number of carbonyl (C=O) groups is 1. The zero-order valence-electron chi connectivity index (χ0n) is 20.3. The number of nitrogens with one attached hydrogen (secondary N) is 1. The molecule has 0 aliphatic heterocycles. The van der Waals surface area contributed by atoms with Gasteiger partial charge in [-0.15, -0.1) is 0 Å². The summed E-state index contributed by atoms with van der Waals surface area (Å²) in [5.41, 5.74) is 2.97. The van der Waals surface area contributed by atoms with E-state index in [1.807, 2.05) is 45.1 Å². The number of hydrogen-bond acceptors (Lipinski definition) is 4. The van der Waals surface area contributed by atoms with Crippen LogP contribution >= 0.6 is 15.9 Å². The number of hydrogen-bond donors (Lipinski definition) is 1. The first-order chi connectivity index (χ1) is 16.2. The maximum atomic E-state index is 13.0. The lowest BCUT2D eigenvalue weighted by Gasteiger charge is -2.11. The minimum atomic E-state index is -3.76. The first kappa shape index (κ1) is 29.4. The Bertz CT molecular complexity index is 1110. The van der Waals surface area contributed by atoms with Crippen LogP contribution in [0.25, 0.3) is 0 Å². The summed E-state index contributed by atoms with van der Waals surface area (Å²) >= 11 is 3.32. The van der Waals surface area contributed by atoms with Crippen molar-refractivity contribution in [2.75, 3.05) is 11.3 Å². The van der Waals surface area contributed by atoms with Crippen molar-refractivity contribution in [1.29, 1.82) is 0 Å². The highest BCUT2D eigenvalue weighted by Gasteiger charge is 2.18. The number of benzene rings is 1. The summed E-state index contributed by atoms with van der Waals surface area (Å²) in [5.74, 6) is -0.352. The molecule has 0 aromatic heterocycles. The van der Waals surface area contributed by atoms with Crippen LogP contribution in [0.2, 0.25) is 0 Å². The highest BCUT2D eigenvalue weighted by Crippen LogP contribution is 2.24. The van der Waals surface area contributed by atoms with E-state index in [0.29, 0.717) is 17.9 Å². The predicted octanol–water partition coefficient (Wildman–Crippen LogP) is 7.13. The van der Waals surface area contributed by atoms with E-state index in [2.05, 4.69) is 33.3 Å². The number of allylic oxidation sites excluding steroid dienone is 11. The van der Waals surface area contributed by atoms with E-state index < -0.39 is 10.0 Å². The Balaban J connectivity index is 0.00000281. The fraction of sp³-hybridized carbons (Fsp3) is 0.296. The van der Waals surface area contributed by atoms with Gasteiger partial charge in [0, 0.05) is 16.6 Å². The Morgan fingerprint density at radius 3 is 2.59 bits per heavy atom. The quantitative estimate of drug-likeness (QED) is 0.249. The number of halogens is 1. The van der Waals surface area contributed by atoms with Crippen molar-refractivity contribution < 1.29 is 17.9 Å². The molecule has 5 nitrogen and oxygen atoms in total. The lowest BCUT2D eigenvalue weighted by atomic mass is 10.0. The molecular weight excluding hydrogens is 514 g/mol. The molecule has 1 N–H and O–H groups in total. The summed E-state index contributed by atoms with van der Waals surface area (Å²) in [6.07, 6.45) is 14.3. The number of ether oxygens (including phenoxy) is 1. The lowest BCUT2D eigenvalue weighted by molar-refractivity contribution is -0.142. The molecule has 0 saturated heterocycles. The van der Waals surface area contributed by atoms with Crippen molar-refractivity contribution in [2.45, 2.75) is 47.0 Å². The van der Waals surface area contributed by atoms with Crippen molar-refractivity contribution in [3.63, 3.8) is 0 Å². The van der Waals surface area contributed by atoms with E-state index in [0.717, 1.165) is 22.0 Å². The third-order valence-corrected chi connectivity index (χ3v) is 6.21. The van der Waals surface area contributed by atoms with Gasteiger partial charge in [-0.1, -0.05) is 85.8 Å². The molecule has 0 heterocycles. The highest BCUT2D eigenvalue weighted by molar-refractivity contribution is 9.11. The van der Waals surface area contributed by atoms with Crippen LogP contribution in [0, 0.1) is 0 Å². The first-order valence-corrected chi connectivity index (χ1v) is 13.6. The Kier molecular flexibility index (Phi) is 13.2. The molecule has 34 heavy (non-hydrogen) atoms. The molecule has 1 aliphatic carbocycles. The minimum Gasteiger partial charge on any atom is -0.466 e. The lowest BCUT2D eigenvalue weighted by Crippen LogP contribution is -2.15. The maximum Gasteiger partial charge on any atom is 0.310 e. The number of esters is 1. The first-order valence-electron chi connectivity index (χ1n) is 11.3. The molecule has 1 aliphatic rings. The third-order valence-electron chi connectivity index (χ3n) is 4.44. The molecule has 1 aromatic carbocycles. The molecule has 0 fully saturated rings. The van der Waals surface area contributed by atoms with Crippen LogP contribution in [-0.2, 0) is 26.0 Å². The van der Waals surface area contributed by atoms with Crippen LogP contribution in [0.4, 0.5) is 5.69 Å². The Morgan fingerprint density at radius 2 is 1.94 bits per heavy atom. The number of rotatable bonds is 10. The Morgan fingerprint density at radius 1 is 1.21 bits per heavy atom. The molecule has 0 unspecified atom stereocenters. The normalized spacial score (nSPS) is 13.9. The average molecular weight is 549 g/mol. The van der Waals surface area contributed by atoms with Crippen LogP contribution in [0.3, 0.4) is 0 Å². The van der Waals surface area contributed by atoms with Crippen LogP contribution in [0.15, 0.2) is 93.9 Å². The van der Waals surface area contributed by atoms with Gasteiger partial charge in [0.15, 0.2) is 0 Å². The van der Waals surface area contributed by atoms with E-state index in [-0.39, 0.29) is 23.7 Å². The Hall–Kier alpha value is -2.64. The largest absolute Gasteiger partial charge is 0.466 e. The van der Waals surface area contributed by atoms with Crippen LogP contribution in [0.1, 0.15) is 46.1 Å². The summed E-state index contributed by atoms with van der Waals surface area (Å²) in [5, 5.41) is 0. The summed E-state index contributed by atoms with van der Waals surface area (Å²) in [6.45, 7) is 11.9. The molecule has 7 heteroatoms. The molecule has 0 bridgehead atoms. The summed E-state index contributed by atoms with van der Waals surface area (Å²) in [6, 6.07) is 6.76. The van der Waals surface area contributed by atoms with Crippen LogP contribution in [0.5, 0.6) is 0 Å². The molecular formula is C27H34BrNO4S. The fourth-order valence-electron chi connectivity index (χ4n) is 3.03. The molecule has 0 atom stereocenters. The van der Waals surface area contributed by atoms with Crippen LogP contribution < -0.4 is 4.72 Å². The minimum absolute atomic E-state index is 0.0851. The average Bonchev–Trinajstić information content (AvgIpc) is 3.05. The number of anilines is 1. The fourth-order valence-corrected chi connectivity index (χ4v) is 4.29. The second-order valence-electron chi connectivity index (χ2n) is 7.00. The zero-order chi connectivity index (χ0) is 25.6. The van der Waals surface area contributed by atoms with Gasteiger partial charge in [0.25, 0.3) is 10.0 Å². The SMILES string of the molecule is C=C(Br)/C=C\C(=C/CC)C1=CC=C(S(=O)(=O)Nc2cccc(CC(=O)OCC)c2)CC=C1.CC. The molecule has 0 amide bonds. The summed E-state index contributed by atoms with van der Waals surface area (Å²) in [7, 11) is -3.76. The number of carbonyl (C=O) groups excluding carboxylic acids is 1. The summed E-state index contributed by atoms with van der Waals surface area (Å²) < 4.78 is 34.3. The maximum absolute atomic E-state index is 13.0. The smallest absolute Gasteiger partial charge is 0.310 e. The number of sulfonamides is 1. The van der Waals surface area contributed by atoms with E-state index in [9.17, 15) is 13.2 Å². The second-order valence-corrected chi connectivity index (χ2v) is 9.75. The van der Waals surface area contributed by atoms with Gasteiger partial charge in [-0.05, 0) is 54.3 Å². The van der Waals surface area contributed by atoms with Gasteiger partial charge < -0.3 is 4.74 Å². The molecule has 0 radical (unpaired) electrons. The van der Waals surface area contributed by atoms with Gasteiger partial charge in [0.2, 0.25) is 0 Å².